The second-order valence-electron chi connectivity index (χ2n) is 9.39. The summed E-state index contributed by atoms with van der Waals surface area (Å²) in [7, 11) is 2.20. The Morgan fingerprint density at radius 1 is 0.875 bits per heavy atom. The maximum atomic E-state index is 3.45. The van der Waals surface area contributed by atoms with Crippen molar-refractivity contribution in [1.82, 2.24) is 15.1 Å². The molecule has 3 aliphatic heterocycles. The third-order valence-corrected chi connectivity index (χ3v) is 7.17. The smallest absolute Gasteiger partial charge is 0.00212 e. The van der Waals surface area contributed by atoms with E-state index < -0.39 is 0 Å². The SMILES string of the molecule is C1CCC(CN2CCC3(CC2)CNC3)CC1.CC1CCN(C)CC1. The van der Waals surface area contributed by atoms with E-state index in [0.717, 1.165) is 17.3 Å². The molecule has 0 atom stereocenters. The Morgan fingerprint density at radius 3 is 2.00 bits per heavy atom. The lowest BCUT2D eigenvalue weighted by atomic mass is 9.73. The summed E-state index contributed by atoms with van der Waals surface area (Å²) in [4.78, 5) is 5.15. The van der Waals surface area contributed by atoms with E-state index in [-0.39, 0.29) is 0 Å². The Hall–Kier alpha value is -0.120. The molecule has 4 fully saturated rings. The van der Waals surface area contributed by atoms with Gasteiger partial charge in [0, 0.05) is 19.6 Å². The lowest BCUT2D eigenvalue weighted by Gasteiger charge is -2.49. The Morgan fingerprint density at radius 2 is 1.50 bits per heavy atom. The van der Waals surface area contributed by atoms with Crippen molar-refractivity contribution in [3.63, 3.8) is 0 Å². The van der Waals surface area contributed by atoms with Crippen LogP contribution in [-0.4, -0.2) is 62.7 Å². The summed E-state index contributed by atoms with van der Waals surface area (Å²) in [6.45, 7) is 11.7. The van der Waals surface area contributed by atoms with Crippen LogP contribution in [0.25, 0.3) is 0 Å². The first-order chi connectivity index (χ1) is 11.7. The summed E-state index contributed by atoms with van der Waals surface area (Å²) >= 11 is 0. The van der Waals surface area contributed by atoms with Crippen molar-refractivity contribution in [3.8, 4) is 0 Å². The number of piperidine rings is 2. The van der Waals surface area contributed by atoms with Gasteiger partial charge in [0.1, 0.15) is 0 Å². The van der Waals surface area contributed by atoms with Gasteiger partial charge in [0.2, 0.25) is 0 Å². The predicted molar refractivity (Wildman–Crippen MR) is 103 cm³/mol. The molecule has 24 heavy (non-hydrogen) atoms. The molecule has 0 bridgehead atoms. The highest BCUT2D eigenvalue weighted by Crippen LogP contribution is 2.35. The van der Waals surface area contributed by atoms with E-state index in [1.54, 1.807) is 0 Å². The van der Waals surface area contributed by atoms with E-state index in [2.05, 4.69) is 29.1 Å². The van der Waals surface area contributed by atoms with Crippen molar-refractivity contribution in [1.29, 1.82) is 0 Å². The molecule has 0 unspecified atom stereocenters. The zero-order valence-corrected chi connectivity index (χ0v) is 16.4. The molecule has 3 saturated heterocycles. The summed E-state index contributed by atoms with van der Waals surface area (Å²) < 4.78 is 0. The minimum absolute atomic E-state index is 0.725. The average Bonchev–Trinajstić information content (AvgIpc) is 2.58. The zero-order valence-electron chi connectivity index (χ0n) is 16.4. The van der Waals surface area contributed by atoms with Gasteiger partial charge < -0.3 is 15.1 Å². The molecule has 0 aromatic rings. The fraction of sp³-hybridized carbons (Fsp3) is 1.00. The molecular weight excluding hydrogens is 294 g/mol. The fourth-order valence-corrected chi connectivity index (χ4v) is 4.91. The number of nitrogens with zero attached hydrogens (tertiary/aromatic N) is 2. The first-order valence-electron chi connectivity index (χ1n) is 10.8. The molecule has 3 heterocycles. The van der Waals surface area contributed by atoms with Crippen LogP contribution < -0.4 is 5.32 Å². The van der Waals surface area contributed by atoms with Crippen LogP contribution in [0, 0.1) is 17.3 Å². The molecule has 0 radical (unpaired) electrons. The highest BCUT2D eigenvalue weighted by Gasteiger charge is 2.39. The van der Waals surface area contributed by atoms with Crippen LogP contribution in [0.2, 0.25) is 0 Å². The summed E-state index contributed by atoms with van der Waals surface area (Å²) in [5.41, 5.74) is 0.725. The quantitative estimate of drug-likeness (QED) is 0.832. The lowest BCUT2D eigenvalue weighted by Crippen LogP contribution is -2.58. The Labute approximate surface area is 150 Å². The number of hydrogen-bond donors (Lipinski definition) is 1. The van der Waals surface area contributed by atoms with E-state index in [9.17, 15) is 0 Å². The van der Waals surface area contributed by atoms with E-state index in [1.165, 1.54) is 104 Å². The van der Waals surface area contributed by atoms with Crippen LogP contribution in [0.4, 0.5) is 0 Å². The zero-order chi connectivity index (χ0) is 16.8. The van der Waals surface area contributed by atoms with Gasteiger partial charge >= 0.3 is 0 Å². The van der Waals surface area contributed by atoms with Gasteiger partial charge in [0.05, 0.1) is 0 Å². The van der Waals surface area contributed by atoms with Gasteiger partial charge in [-0.15, -0.1) is 0 Å². The van der Waals surface area contributed by atoms with Crippen LogP contribution >= 0.6 is 0 Å². The fourth-order valence-electron chi connectivity index (χ4n) is 4.91. The molecule has 1 N–H and O–H groups in total. The maximum absolute atomic E-state index is 3.45. The predicted octanol–water partition coefficient (Wildman–Crippen LogP) is 3.60. The van der Waals surface area contributed by atoms with Gasteiger partial charge in [-0.1, -0.05) is 26.2 Å². The van der Waals surface area contributed by atoms with Crippen molar-refractivity contribution in [2.45, 2.75) is 64.7 Å². The van der Waals surface area contributed by atoms with Gasteiger partial charge in [-0.05, 0) is 89.0 Å². The Bertz CT molecular complexity index is 332. The Kier molecular flexibility index (Phi) is 7.00. The highest BCUT2D eigenvalue weighted by molar-refractivity contribution is 4.96. The lowest BCUT2D eigenvalue weighted by molar-refractivity contribution is 0.0452. The molecule has 4 aliphatic rings. The molecule has 1 saturated carbocycles. The topological polar surface area (TPSA) is 18.5 Å². The second-order valence-corrected chi connectivity index (χ2v) is 9.39. The largest absolute Gasteiger partial charge is 0.316 e. The number of rotatable bonds is 2. The van der Waals surface area contributed by atoms with E-state index in [4.69, 9.17) is 0 Å². The summed E-state index contributed by atoms with van der Waals surface area (Å²) in [5, 5.41) is 3.45. The summed E-state index contributed by atoms with van der Waals surface area (Å²) in [6.07, 6.45) is 13.2. The Balaban J connectivity index is 0.000000179. The van der Waals surface area contributed by atoms with Crippen LogP contribution in [0.15, 0.2) is 0 Å². The minimum Gasteiger partial charge on any atom is -0.316 e. The van der Waals surface area contributed by atoms with Gasteiger partial charge in [-0.2, -0.15) is 0 Å². The molecule has 3 heteroatoms. The molecule has 0 amide bonds. The highest BCUT2D eigenvalue weighted by atomic mass is 15.1. The van der Waals surface area contributed by atoms with Crippen molar-refractivity contribution < 1.29 is 0 Å². The normalized spacial score (nSPS) is 29.8. The molecular formula is C21H41N3. The molecule has 4 rings (SSSR count). The van der Waals surface area contributed by atoms with Crippen molar-refractivity contribution in [3.05, 3.63) is 0 Å². The minimum atomic E-state index is 0.725. The second kappa shape index (κ2) is 9.00. The summed E-state index contributed by atoms with van der Waals surface area (Å²) in [6, 6.07) is 0. The number of hydrogen-bond acceptors (Lipinski definition) is 3. The van der Waals surface area contributed by atoms with Crippen molar-refractivity contribution >= 4 is 0 Å². The maximum Gasteiger partial charge on any atom is 0.00212 e. The van der Waals surface area contributed by atoms with E-state index in [1.807, 2.05) is 0 Å². The van der Waals surface area contributed by atoms with Gasteiger partial charge in [-0.25, -0.2) is 0 Å². The molecule has 140 valence electrons. The molecule has 0 aromatic heterocycles. The monoisotopic (exact) mass is 335 g/mol. The standard InChI is InChI=1S/C14H26N2.C7H15N/c1-2-4-13(5-3-1)10-16-8-6-14(7-9-16)11-15-12-14;1-7-3-5-8(2)6-4-7/h13,15H,1-12H2;7H,3-6H2,1-2H3. The third kappa shape index (κ3) is 5.44. The van der Waals surface area contributed by atoms with Gasteiger partial charge in [-0.3, -0.25) is 0 Å². The molecule has 0 aromatic carbocycles. The van der Waals surface area contributed by atoms with E-state index in [0.29, 0.717) is 0 Å². The van der Waals surface area contributed by atoms with E-state index >= 15 is 0 Å². The number of likely N-dealkylation sites (tertiary alicyclic amines) is 2. The van der Waals surface area contributed by atoms with Crippen molar-refractivity contribution in [2.24, 2.45) is 17.3 Å². The van der Waals surface area contributed by atoms with Gasteiger partial charge in [0.25, 0.3) is 0 Å². The molecule has 1 spiro atoms. The van der Waals surface area contributed by atoms with Gasteiger partial charge in [0.15, 0.2) is 0 Å². The first kappa shape index (κ1) is 18.7. The van der Waals surface area contributed by atoms with Crippen LogP contribution in [0.5, 0.6) is 0 Å². The van der Waals surface area contributed by atoms with Crippen LogP contribution in [0.3, 0.4) is 0 Å². The molecule has 3 nitrogen and oxygen atoms in total. The van der Waals surface area contributed by atoms with Crippen molar-refractivity contribution in [2.75, 3.05) is 52.9 Å². The average molecular weight is 336 g/mol. The van der Waals surface area contributed by atoms with Crippen LogP contribution in [-0.2, 0) is 0 Å². The van der Waals surface area contributed by atoms with Crippen LogP contribution in [0.1, 0.15) is 64.7 Å². The first-order valence-corrected chi connectivity index (χ1v) is 10.8. The summed E-state index contributed by atoms with van der Waals surface area (Å²) in [5.74, 6) is 2.01. The number of nitrogens with one attached hydrogen (secondary N) is 1. The molecule has 1 aliphatic carbocycles. The third-order valence-electron chi connectivity index (χ3n) is 7.17.